The molecule has 1 aromatic heterocycles. The molecule has 0 spiro atoms. The van der Waals surface area contributed by atoms with Crippen molar-refractivity contribution in [1.82, 2.24) is 25.1 Å². The molecule has 7 nitrogen and oxygen atoms in total. The number of likely N-dealkylation sites (tertiary alicyclic amines) is 1. The second-order valence-corrected chi connectivity index (χ2v) is 4.92. The summed E-state index contributed by atoms with van der Waals surface area (Å²) in [6.45, 7) is 5.44. The number of aryl methyl sites for hydroxylation is 1. The van der Waals surface area contributed by atoms with E-state index in [1.165, 1.54) is 12.8 Å². The molecular formula is C11H19N5O2. The summed E-state index contributed by atoms with van der Waals surface area (Å²) >= 11 is 0. The van der Waals surface area contributed by atoms with Crippen molar-refractivity contribution in [3.63, 3.8) is 0 Å². The van der Waals surface area contributed by atoms with Crippen molar-refractivity contribution < 1.29 is 9.90 Å². The Morgan fingerprint density at radius 2 is 2.17 bits per heavy atom. The van der Waals surface area contributed by atoms with Crippen LogP contribution in [0.3, 0.4) is 0 Å². The standard InChI is InChI=1S/C11H19N5O2/c1-9-2-5-15(6-3-9)8-10-12-13-14-16(10)7-4-11(17)18/h9H,2-8H2,1H3,(H,17,18). The minimum atomic E-state index is -0.830. The highest BCUT2D eigenvalue weighted by molar-refractivity contribution is 5.66. The first-order chi connectivity index (χ1) is 8.65. The molecule has 0 atom stereocenters. The molecule has 1 fully saturated rings. The van der Waals surface area contributed by atoms with Gasteiger partial charge in [-0.3, -0.25) is 9.69 Å². The number of hydrogen-bond acceptors (Lipinski definition) is 5. The number of carboxylic acids is 1. The quantitative estimate of drug-likeness (QED) is 0.816. The van der Waals surface area contributed by atoms with Gasteiger partial charge in [-0.2, -0.15) is 0 Å². The molecule has 0 aromatic carbocycles. The van der Waals surface area contributed by atoms with Gasteiger partial charge in [-0.25, -0.2) is 4.68 Å². The van der Waals surface area contributed by atoms with E-state index in [-0.39, 0.29) is 6.42 Å². The van der Waals surface area contributed by atoms with E-state index < -0.39 is 5.97 Å². The van der Waals surface area contributed by atoms with E-state index in [2.05, 4.69) is 27.3 Å². The van der Waals surface area contributed by atoms with Gasteiger partial charge < -0.3 is 5.11 Å². The number of carboxylic acid groups (broad SMARTS) is 1. The maximum atomic E-state index is 10.5. The van der Waals surface area contributed by atoms with E-state index in [0.29, 0.717) is 13.1 Å². The van der Waals surface area contributed by atoms with Crippen LogP contribution in [0, 0.1) is 5.92 Å². The maximum absolute atomic E-state index is 10.5. The fourth-order valence-corrected chi connectivity index (χ4v) is 2.13. The van der Waals surface area contributed by atoms with Crippen molar-refractivity contribution in [2.75, 3.05) is 13.1 Å². The lowest BCUT2D eigenvalue weighted by molar-refractivity contribution is -0.137. The molecule has 2 heterocycles. The summed E-state index contributed by atoms with van der Waals surface area (Å²) in [5.41, 5.74) is 0. The average Bonchev–Trinajstić information content (AvgIpc) is 2.77. The van der Waals surface area contributed by atoms with Gasteiger partial charge in [0.2, 0.25) is 0 Å². The topological polar surface area (TPSA) is 84.1 Å². The van der Waals surface area contributed by atoms with Gasteiger partial charge in [-0.1, -0.05) is 6.92 Å². The van der Waals surface area contributed by atoms with E-state index >= 15 is 0 Å². The van der Waals surface area contributed by atoms with Crippen LogP contribution in [0.4, 0.5) is 0 Å². The summed E-state index contributed by atoms with van der Waals surface area (Å²) < 4.78 is 1.59. The summed E-state index contributed by atoms with van der Waals surface area (Å²) in [7, 11) is 0. The third kappa shape index (κ3) is 3.49. The second kappa shape index (κ2) is 5.90. The Kier molecular flexibility index (Phi) is 4.24. The van der Waals surface area contributed by atoms with Crippen LogP contribution in [-0.4, -0.2) is 49.3 Å². The van der Waals surface area contributed by atoms with E-state index in [0.717, 1.165) is 24.8 Å². The molecule has 1 saturated heterocycles. The first kappa shape index (κ1) is 12.9. The van der Waals surface area contributed by atoms with Crippen LogP contribution in [0.2, 0.25) is 0 Å². The molecular weight excluding hydrogens is 234 g/mol. The number of nitrogens with zero attached hydrogens (tertiary/aromatic N) is 5. The van der Waals surface area contributed by atoms with Crippen LogP contribution < -0.4 is 0 Å². The lowest BCUT2D eigenvalue weighted by Crippen LogP contribution is -2.33. The maximum Gasteiger partial charge on any atom is 0.305 e. The van der Waals surface area contributed by atoms with Crippen molar-refractivity contribution in [3.8, 4) is 0 Å². The predicted octanol–water partition coefficient (Wildman–Crippen LogP) is 0.380. The fraction of sp³-hybridized carbons (Fsp3) is 0.818. The van der Waals surface area contributed by atoms with Crippen LogP contribution in [0.15, 0.2) is 0 Å². The summed E-state index contributed by atoms with van der Waals surface area (Å²) in [6.07, 6.45) is 2.46. The van der Waals surface area contributed by atoms with Crippen LogP contribution in [0.1, 0.15) is 32.0 Å². The van der Waals surface area contributed by atoms with Gasteiger partial charge in [0.25, 0.3) is 0 Å². The zero-order chi connectivity index (χ0) is 13.0. The van der Waals surface area contributed by atoms with E-state index in [9.17, 15) is 4.79 Å². The lowest BCUT2D eigenvalue weighted by atomic mass is 9.99. The van der Waals surface area contributed by atoms with Gasteiger partial charge in [-0.15, -0.1) is 5.10 Å². The Bertz CT molecular complexity index is 398. The van der Waals surface area contributed by atoms with Crippen molar-refractivity contribution in [2.24, 2.45) is 5.92 Å². The average molecular weight is 253 g/mol. The first-order valence-corrected chi connectivity index (χ1v) is 6.34. The molecule has 18 heavy (non-hydrogen) atoms. The van der Waals surface area contributed by atoms with Crippen molar-refractivity contribution in [2.45, 2.75) is 39.3 Å². The van der Waals surface area contributed by atoms with Crippen LogP contribution >= 0.6 is 0 Å². The minimum Gasteiger partial charge on any atom is -0.481 e. The second-order valence-electron chi connectivity index (χ2n) is 4.92. The highest BCUT2D eigenvalue weighted by atomic mass is 16.4. The Morgan fingerprint density at radius 1 is 1.44 bits per heavy atom. The summed E-state index contributed by atoms with van der Waals surface area (Å²) in [5.74, 6) is 0.721. The number of rotatable bonds is 5. The summed E-state index contributed by atoms with van der Waals surface area (Å²) in [4.78, 5) is 12.9. The number of hydrogen-bond donors (Lipinski definition) is 1. The lowest BCUT2D eigenvalue weighted by Gasteiger charge is -2.29. The van der Waals surface area contributed by atoms with Crippen LogP contribution in [-0.2, 0) is 17.9 Å². The van der Waals surface area contributed by atoms with E-state index in [1.54, 1.807) is 4.68 Å². The van der Waals surface area contributed by atoms with Gasteiger partial charge >= 0.3 is 5.97 Å². The van der Waals surface area contributed by atoms with Crippen molar-refractivity contribution in [3.05, 3.63) is 5.82 Å². The van der Waals surface area contributed by atoms with E-state index in [4.69, 9.17) is 5.11 Å². The SMILES string of the molecule is CC1CCN(Cc2nnnn2CCC(=O)O)CC1. The first-order valence-electron chi connectivity index (χ1n) is 6.34. The molecule has 1 aromatic rings. The monoisotopic (exact) mass is 253 g/mol. The Hall–Kier alpha value is -1.50. The van der Waals surface area contributed by atoms with Crippen LogP contribution in [0.5, 0.6) is 0 Å². The van der Waals surface area contributed by atoms with Gasteiger partial charge in [-0.05, 0) is 42.3 Å². The largest absolute Gasteiger partial charge is 0.481 e. The number of aromatic nitrogens is 4. The molecule has 0 bridgehead atoms. The zero-order valence-corrected chi connectivity index (χ0v) is 10.6. The van der Waals surface area contributed by atoms with Crippen molar-refractivity contribution >= 4 is 5.97 Å². The minimum absolute atomic E-state index is 0.0507. The Balaban J connectivity index is 1.89. The molecule has 1 aliphatic rings. The van der Waals surface area contributed by atoms with Gasteiger partial charge in [0.15, 0.2) is 5.82 Å². The number of tetrazole rings is 1. The van der Waals surface area contributed by atoms with Gasteiger partial charge in [0.1, 0.15) is 0 Å². The normalized spacial score (nSPS) is 18.1. The third-order valence-corrected chi connectivity index (χ3v) is 3.38. The smallest absolute Gasteiger partial charge is 0.305 e. The molecule has 1 N–H and O–H groups in total. The Labute approximate surface area is 106 Å². The molecule has 0 amide bonds. The van der Waals surface area contributed by atoms with E-state index in [1.807, 2.05) is 0 Å². The van der Waals surface area contributed by atoms with Gasteiger partial charge in [0.05, 0.1) is 19.5 Å². The predicted molar refractivity (Wildman–Crippen MR) is 63.7 cm³/mol. The number of piperidine rings is 1. The molecule has 7 heteroatoms. The number of aliphatic carboxylic acids is 1. The molecule has 100 valence electrons. The Morgan fingerprint density at radius 3 is 2.83 bits per heavy atom. The van der Waals surface area contributed by atoms with Crippen LogP contribution in [0.25, 0.3) is 0 Å². The number of carbonyl (C=O) groups is 1. The zero-order valence-electron chi connectivity index (χ0n) is 10.6. The molecule has 0 aliphatic carbocycles. The van der Waals surface area contributed by atoms with Gasteiger partial charge in [0, 0.05) is 0 Å². The fourth-order valence-electron chi connectivity index (χ4n) is 2.13. The highest BCUT2D eigenvalue weighted by Crippen LogP contribution is 2.17. The third-order valence-electron chi connectivity index (χ3n) is 3.38. The summed E-state index contributed by atoms with van der Waals surface area (Å²) in [6, 6.07) is 0. The van der Waals surface area contributed by atoms with Crippen molar-refractivity contribution in [1.29, 1.82) is 0 Å². The highest BCUT2D eigenvalue weighted by Gasteiger charge is 2.18. The molecule has 0 saturated carbocycles. The summed E-state index contributed by atoms with van der Waals surface area (Å²) in [5, 5.41) is 20.1. The molecule has 0 radical (unpaired) electrons. The molecule has 1 aliphatic heterocycles. The molecule has 0 unspecified atom stereocenters. The molecule has 2 rings (SSSR count).